The van der Waals surface area contributed by atoms with Gasteiger partial charge in [0.1, 0.15) is 9.84 Å². The first-order valence-electron chi connectivity index (χ1n) is 7.89. The maximum absolute atomic E-state index is 12.1. The molecular weight excluding hydrogens is 312 g/mol. The molecule has 2 N–H and O–H groups in total. The molecule has 1 aliphatic rings. The quantitative estimate of drug-likeness (QED) is 0.837. The second-order valence-electron chi connectivity index (χ2n) is 6.98. The average molecular weight is 338 g/mol. The summed E-state index contributed by atoms with van der Waals surface area (Å²) in [7, 11) is -3.02. The van der Waals surface area contributed by atoms with Crippen LogP contribution in [0.2, 0.25) is 0 Å². The minimum Gasteiger partial charge on any atom is -0.338 e. The van der Waals surface area contributed by atoms with Crippen LogP contribution in [0.4, 0.5) is 4.79 Å². The molecule has 1 aromatic carbocycles. The Balaban J connectivity index is 1.89. The Morgan fingerprint density at radius 1 is 1.30 bits per heavy atom. The highest BCUT2D eigenvalue weighted by molar-refractivity contribution is 7.90. The van der Waals surface area contributed by atoms with Gasteiger partial charge in [0.05, 0.1) is 11.8 Å². The van der Waals surface area contributed by atoms with Gasteiger partial charge in [0.15, 0.2) is 0 Å². The number of rotatable bonds is 6. The van der Waals surface area contributed by atoms with Crippen molar-refractivity contribution < 1.29 is 13.2 Å². The lowest BCUT2D eigenvalue weighted by molar-refractivity contribution is 0.235. The molecule has 1 saturated carbocycles. The van der Waals surface area contributed by atoms with Gasteiger partial charge >= 0.3 is 6.03 Å². The predicted octanol–water partition coefficient (Wildman–Crippen LogP) is 2.49. The molecule has 2 rings (SSSR count). The Bertz CT molecular complexity index is 694. The van der Waals surface area contributed by atoms with Gasteiger partial charge in [-0.2, -0.15) is 0 Å². The molecule has 0 aliphatic heterocycles. The third kappa shape index (κ3) is 5.23. The Morgan fingerprint density at radius 3 is 2.52 bits per heavy atom. The van der Waals surface area contributed by atoms with Crippen LogP contribution < -0.4 is 10.6 Å². The van der Waals surface area contributed by atoms with E-state index in [9.17, 15) is 13.2 Å². The highest BCUT2D eigenvalue weighted by atomic mass is 32.2. The molecule has 23 heavy (non-hydrogen) atoms. The largest absolute Gasteiger partial charge is 0.338 e. The van der Waals surface area contributed by atoms with E-state index < -0.39 is 9.84 Å². The maximum atomic E-state index is 12.1. The van der Waals surface area contributed by atoms with Crippen LogP contribution in [0.1, 0.15) is 42.5 Å². The zero-order valence-electron chi connectivity index (χ0n) is 14.3. The SMILES string of the molecule is Cc1ccc(C)c(C(C)NC(=O)NCC2(CS(C)(=O)=O)CC2)c1. The molecule has 1 atom stereocenters. The predicted molar refractivity (Wildman–Crippen MR) is 92.2 cm³/mol. The van der Waals surface area contributed by atoms with Gasteiger partial charge in [-0.3, -0.25) is 0 Å². The molecule has 128 valence electrons. The van der Waals surface area contributed by atoms with Crippen molar-refractivity contribution in [3.05, 3.63) is 34.9 Å². The van der Waals surface area contributed by atoms with Crippen molar-refractivity contribution in [1.29, 1.82) is 0 Å². The summed E-state index contributed by atoms with van der Waals surface area (Å²) in [5.74, 6) is 0.146. The van der Waals surface area contributed by atoms with Gasteiger partial charge in [-0.25, -0.2) is 13.2 Å². The molecular formula is C17H26N2O3S. The lowest BCUT2D eigenvalue weighted by Gasteiger charge is -2.20. The van der Waals surface area contributed by atoms with Gasteiger partial charge in [0, 0.05) is 18.2 Å². The summed E-state index contributed by atoms with van der Waals surface area (Å²) >= 11 is 0. The lowest BCUT2D eigenvalue weighted by atomic mass is 10.0. The number of hydrogen-bond acceptors (Lipinski definition) is 3. The summed E-state index contributed by atoms with van der Waals surface area (Å²) in [6.45, 7) is 6.41. The monoisotopic (exact) mass is 338 g/mol. The second-order valence-corrected chi connectivity index (χ2v) is 9.12. The second kappa shape index (κ2) is 6.51. The van der Waals surface area contributed by atoms with E-state index in [4.69, 9.17) is 0 Å². The number of sulfone groups is 1. The lowest BCUT2D eigenvalue weighted by Crippen LogP contribution is -2.41. The molecule has 1 fully saturated rings. The van der Waals surface area contributed by atoms with Crippen LogP contribution in [0.25, 0.3) is 0 Å². The third-order valence-electron chi connectivity index (χ3n) is 4.40. The van der Waals surface area contributed by atoms with Crippen molar-refractivity contribution in [2.45, 2.75) is 39.7 Å². The van der Waals surface area contributed by atoms with Gasteiger partial charge in [0.2, 0.25) is 0 Å². The summed E-state index contributed by atoms with van der Waals surface area (Å²) in [5.41, 5.74) is 3.13. The van der Waals surface area contributed by atoms with Crippen molar-refractivity contribution in [3.63, 3.8) is 0 Å². The summed E-state index contributed by atoms with van der Waals surface area (Å²) in [4.78, 5) is 12.1. The summed E-state index contributed by atoms with van der Waals surface area (Å²) in [5, 5.41) is 5.76. The molecule has 0 saturated heterocycles. The van der Waals surface area contributed by atoms with Gasteiger partial charge < -0.3 is 10.6 Å². The summed E-state index contributed by atoms with van der Waals surface area (Å²) in [6.07, 6.45) is 2.95. The van der Waals surface area contributed by atoms with Gasteiger partial charge in [-0.15, -0.1) is 0 Å². The van der Waals surface area contributed by atoms with E-state index in [0.29, 0.717) is 6.54 Å². The van der Waals surface area contributed by atoms with Gasteiger partial charge in [-0.1, -0.05) is 23.8 Å². The smallest absolute Gasteiger partial charge is 0.315 e. The van der Waals surface area contributed by atoms with E-state index in [1.165, 1.54) is 6.26 Å². The van der Waals surface area contributed by atoms with Crippen molar-refractivity contribution in [3.8, 4) is 0 Å². The number of amides is 2. The van der Waals surface area contributed by atoms with Crippen LogP contribution in [-0.2, 0) is 9.84 Å². The van der Waals surface area contributed by atoms with E-state index in [1.54, 1.807) is 0 Å². The normalized spacial score (nSPS) is 17.4. The van der Waals surface area contributed by atoms with Crippen LogP contribution in [-0.4, -0.2) is 33.0 Å². The van der Waals surface area contributed by atoms with E-state index in [0.717, 1.165) is 29.5 Å². The molecule has 1 unspecified atom stereocenters. The van der Waals surface area contributed by atoms with Crippen molar-refractivity contribution >= 4 is 15.9 Å². The molecule has 0 spiro atoms. The first-order valence-corrected chi connectivity index (χ1v) is 9.96. The fourth-order valence-corrected chi connectivity index (χ4v) is 4.43. The Hall–Kier alpha value is -1.56. The number of benzene rings is 1. The number of aryl methyl sites for hydroxylation is 2. The maximum Gasteiger partial charge on any atom is 0.315 e. The summed E-state index contributed by atoms with van der Waals surface area (Å²) in [6, 6.07) is 5.82. The number of nitrogens with one attached hydrogen (secondary N) is 2. The topological polar surface area (TPSA) is 75.3 Å². The zero-order chi connectivity index (χ0) is 17.3. The number of urea groups is 1. The molecule has 0 heterocycles. The van der Waals surface area contributed by atoms with Crippen LogP contribution >= 0.6 is 0 Å². The zero-order valence-corrected chi connectivity index (χ0v) is 15.1. The molecule has 6 heteroatoms. The van der Waals surface area contributed by atoms with Crippen LogP contribution in [0.3, 0.4) is 0 Å². The highest BCUT2D eigenvalue weighted by Crippen LogP contribution is 2.46. The third-order valence-corrected chi connectivity index (χ3v) is 5.54. The number of hydrogen-bond donors (Lipinski definition) is 2. The van der Waals surface area contributed by atoms with Crippen molar-refractivity contribution in [1.82, 2.24) is 10.6 Å². The molecule has 5 nitrogen and oxygen atoms in total. The van der Waals surface area contributed by atoms with Crippen molar-refractivity contribution in [2.75, 3.05) is 18.6 Å². The Labute approximate surface area is 138 Å². The molecule has 1 aromatic rings. The van der Waals surface area contributed by atoms with Crippen LogP contribution in [0.5, 0.6) is 0 Å². The minimum atomic E-state index is -3.02. The van der Waals surface area contributed by atoms with E-state index >= 15 is 0 Å². The Morgan fingerprint density at radius 2 is 1.96 bits per heavy atom. The molecule has 0 bridgehead atoms. The Kier molecular flexibility index (Phi) is 5.04. The molecule has 1 aliphatic carbocycles. The fraction of sp³-hybridized carbons (Fsp3) is 0.588. The number of carbonyl (C=O) groups is 1. The first kappa shape index (κ1) is 17.8. The van der Waals surface area contributed by atoms with E-state index in [1.807, 2.05) is 32.9 Å². The standard InChI is InChI=1S/C17H26N2O3S/c1-12-5-6-13(2)15(9-12)14(3)19-16(20)18-10-17(7-8-17)11-23(4,21)22/h5-6,9,14H,7-8,10-11H2,1-4H3,(H2,18,19,20). The van der Waals surface area contributed by atoms with Gasteiger partial charge in [0.25, 0.3) is 0 Å². The fourth-order valence-electron chi connectivity index (χ4n) is 2.92. The van der Waals surface area contributed by atoms with Crippen LogP contribution in [0, 0.1) is 19.3 Å². The van der Waals surface area contributed by atoms with Gasteiger partial charge in [-0.05, 0) is 44.7 Å². The molecule has 0 radical (unpaired) electrons. The molecule has 2 amide bonds. The minimum absolute atomic E-state index is 0.0973. The average Bonchev–Trinajstić information content (AvgIpc) is 3.17. The highest BCUT2D eigenvalue weighted by Gasteiger charge is 2.45. The first-order chi connectivity index (χ1) is 10.6. The number of carbonyl (C=O) groups excluding carboxylic acids is 1. The summed E-state index contributed by atoms with van der Waals surface area (Å²) < 4.78 is 22.9. The van der Waals surface area contributed by atoms with Crippen molar-refractivity contribution in [2.24, 2.45) is 5.41 Å². The molecule has 0 aromatic heterocycles. The van der Waals surface area contributed by atoms with E-state index in [2.05, 4.69) is 16.7 Å². The van der Waals surface area contributed by atoms with Crippen LogP contribution in [0.15, 0.2) is 18.2 Å². The van der Waals surface area contributed by atoms with E-state index in [-0.39, 0.29) is 23.2 Å².